The van der Waals surface area contributed by atoms with Crippen LogP contribution in [0.2, 0.25) is 5.02 Å². The molecule has 2 nitrogen and oxygen atoms in total. The fraction of sp³-hybridized carbons (Fsp3) is 0.462. The number of fused-ring (bicyclic) bond motifs is 1. The zero-order valence-electron chi connectivity index (χ0n) is 10.4. The number of hydrogen-bond donors (Lipinski definition) is 1. The van der Waals surface area contributed by atoms with Crippen LogP contribution in [0.25, 0.3) is 10.2 Å². The summed E-state index contributed by atoms with van der Waals surface area (Å²) in [5, 5.41) is 4.16. The van der Waals surface area contributed by atoms with E-state index in [0.717, 1.165) is 29.2 Å². The molecule has 0 aliphatic rings. The first kappa shape index (κ1) is 12.7. The SMILES string of the molecule is CC(C)(C)CCNc1c(Cl)ccc2scnc12. The van der Waals surface area contributed by atoms with Crippen molar-refractivity contribution in [2.24, 2.45) is 5.41 Å². The van der Waals surface area contributed by atoms with Gasteiger partial charge in [0.05, 0.1) is 20.9 Å². The lowest BCUT2D eigenvalue weighted by atomic mass is 9.92. The number of thiazole rings is 1. The van der Waals surface area contributed by atoms with Crippen molar-refractivity contribution in [3.63, 3.8) is 0 Å². The second kappa shape index (κ2) is 4.83. The predicted molar refractivity (Wildman–Crippen MR) is 77.2 cm³/mol. The molecule has 0 atom stereocenters. The lowest BCUT2D eigenvalue weighted by molar-refractivity contribution is 0.390. The van der Waals surface area contributed by atoms with E-state index in [-0.39, 0.29) is 0 Å². The van der Waals surface area contributed by atoms with Crippen LogP contribution in [0.5, 0.6) is 0 Å². The summed E-state index contributed by atoms with van der Waals surface area (Å²) >= 11 is 7.85. The van der Waals surface area contributed by atoms with E-state index < -0.39 is 0 Å². The summed E-state index contributed by atoms with van der Waals surface area (Å²) in [7, 11) is 0. The Bertz CT molecular complexity index is 514. The molecule has 1 N–H and O–H groups in total. The second-order valence-electron chi connectivity index (χ2n) is 5.36. The molecule has 0 bridgehead atoms. The van der Waals surface area contributed by atoms with Gasteiger partial charge in [-0.15, -0.1) is 11.3 Å². The number of nitrogens with zero attached hydrogens (tertiary/aromatic N) is 1. The van der Waals surface area contributed by atoms with Crippen molar-refractivity contribution in [3.05, 3.63) is 22.7 Å². The number of nitrogens with one attached hydrogen (secondary N) is 1. The molecular weight excluding hydrogens is 252 g/mol. The number of rotatable bonds is 3. The Hall–Kier alpha value is -0.800. The fourth-order valence-corrected chi connectivity index (χ4v) is 2.54. The molecule has 0 radical (unpaired) electrons. The maximum Gasteiger partial charge on any atom is 0.106 e. The molecule has 1 aromatic heterocycles. The zero-order valence-corrected chi connectivity index (χ0v) is 12.0. The molecule has 1 aromatic carbocycles. The van der Waals surface area contributed by atoms with E-state index in [1.807, 2.05) is 17.6 Å². The topological polar surface area (TPSA) is 24.9 Å². The lowest BCUT2D eigenvalue weighted by Crippen LogP contribution is -2.13. The van der Waals surface area contributed by atoms with Crippen molar-refractivity contribution in [1.82, 2.24) is 4.98 Å². The standard InChI is InChI=1S/C13H17ClN2S/c1-13(2,3)6-7-15-11-9(14)4-5-10-12(11)16-8-17-10/h4-5,8,15H,6-7H2,1-3H3. The highest BCUT2D eigenvalue weighted by Crippen LogP contribution is 2.32. The number of benzene rings is 1. The van der Waals surface area contributed by atoms with Crippen LogP contribution in [0.4, 0.5) is 5.69 Å². The Kier molecular flexibility index (Phi) is 3.59. The lowest BCUT2D eigenvalue weighted by Gasteiger charge is -2.19. The molecule has 0 aliphatic heterocycles. The molecule has 2 aromatic rings. The van der Waals surface area contributed by atoms with Gasteiger partial charge in [0.2, 0.25) is 0 Å². The van der Waals surface area contributed by atoms with Crippen LogP contribution in [0.1, 0.15) is 27.2 Å². The normalized spacial score (nSPS) is 12.0. The van der Waals surface area contributed by atoms with Crippen LogP contribution in [0.15, 0.2) is 17.6 Å². The molecule has 0 amide bonds. The van der Waals surface area contributed by atoms with Crippen LogP contribution < -0.4 is 5.32 Å². The number of hydrogen-bond acceptors (Lipinski definition) is 3. The van der Waals surface area contributed by atoms with E-state index in [1.165, 1.54) is 4.70 Å². The summed E-state index contributed by atoms with van der Waals surface area (Å²) < 4.78 is 1.17. The third-order valence-electron chi connectivity index (χ3n) is 2.63. The molecule has 0 saturated carbocycles. The second-order valence-corrected chi connectivity index (χ2v) is 6.65. The van der Waals surface area contributed by atoms with Crippen molar-refractivity contribution in [3.8, 4) is 0 Å². The van der Waals surface area contributed by atoms with Crippen LogP contribution in [0, 0.1) is 5.41 Å². The molecule has 0 spiro atoms. The van der Waals surface area contributed by atoms with Crippen molar-refractivity contribution in [1.29, 1.82) is 0 Å². The Labute approximate surface area is 111 Å². The van der Waals surface area contributed by atoms with Gasteiger partial charge in [-0.1, -0.05) is 32.4 Å². The van der Waals surface area contributed by atoms with Gasteiger partial charge in [-0.3, -0.25) is 0 Å². The molecule has 0 unspecified atom stereocenters. The van der Waals surface area contributed by atoms with Crippen LogP contribution >= 0.6 is 22.9 Å². The molecule has 2 rings (SSSR count). The predicted octanol–water partition coefficient (Wildman–Crippen LogP) is 4.80. The molecule has 0 saturated heterocycles. The minimum atomic E-state index is 0.329. The molecule has 0 aliphatic carbocycles. The molecule has 1 heterocycles. The molecule has 4 heteroatoms. The third kappa shape index (κ3) is 3.11. The van der Waals surface area contributed by atoms with E-state index in [4.69, 9.17) is 11.6 Å². The molecule has 92 valence electrons. The van der Waals surface area contributed by atoms with Gasteiger partial charge in [-0.25, -0.2) is 4.98 Å². The molecule has 0 fully saturated rings. The van der Waals surface area contributed by atoms with Gasteiger partial charge in [0, 0.05) is 6.54 Å². The first-order valence-electron chi connectivity index (χ1n) is 5.73. The van der Waals surface area contributed by atoms with Crippen molar-refractivity contribution in [2.45, 2.75) is 27.2 Å². The van der Waals surface area contributed by atoms with Crippen LogP contribution in [-0.4, -0.2) is 11.5 Å². The van der Waals surface area contributed by atoms with Gasteiger partial charge in [-0.05, 0) is 24.0 Å². The summed E-state index contributed by atoms with van der Waals surface area (Å²) in [6, 6.07) is 3.95. The van der Waals surface area contributed by atoms with Gasteiger partial charge in [-0.2, -0.15) is 0 Å². The fourth-order valence-electron chi connectivity index (χ4n) is 1.64. The first-order chi connectivity index (χ1) is 7.97. The van der Waals surface area contributed by atoms with E-state index in [9.17, 15) is 0 Å². The summed E-state index contributed by atoms with van der Waals surface area (Å²) in [5.74, 6) is 0. The zero-order chi connectivity index (χ0) is 12.5. The van der Waals surface area contributed by atoms with E-state index in [2.05, 4.69) is 31.1 Å². The Morgan fingerprint density at radius 3 is 2.82 bits per heavy atom. The van der Waals surface area contributed by atoms with Gasteiger partial charge in [0.25, 0.3) is 0 Å². The van der Waals surface area contributed by atoms with E-state index >= 15 is 0 Å². The maximum absolute atomic E-state index is 6.21. The molecule has 17 heavy (non-hydrogen) atoms. The largest absolute Gasteiger partial charge is 0.382 e. The van der Waals surface area contributed by atoms with Gasteiger partial charge < -0.3 is 5.32 Å². The van der Waals surface area contributed by atoms with Crippen LogP contribution in [-0.2, 0) is 0 Å². The van der Waals surface area contributed by atoms with Crippen LogP contribution in [0.3, 0.4) is 0 Å². The minimum Gasteiger partial charge on any atom is -0.382 e. The van der Waals surface area contributed by atoms with E-state index in [0.29, 0.717) is 5.41 Å². The summed E-state index contributed by atoms with van der Waals surface area (Å²) in [6.45, 7) is 7.62. The minimum absolute atomic E-state index is 0.329. The molecular formula is C13H17ClN2S. The average Bonchev–Trinajstić information content (AvgIpc) is 2.67. The average molecular weight is 269 g/mol. The quantitative estimate of drug-likeness (QED) is 0.865. The first-order valence-corrected chi connectivity index (χ1v) is 6.99. The maximum atomic E-state index is 6.21. The van der Waals surface area contributed by atoms with Crippen molar-refractivity contribution in [2.75, 3.05) is 11.9 Å². The Morgan fingerprint density at radius 2 is 2.12 bits per heavy atom. The number of anilines is 1. The van der Waals surface area contributed by atoms with Crippen molar-refractivity contribution < 1.29 is 0 Å². The van der Waals surface area contributed by atoms with Gasteiger partial charge >= 0.3 is 0 Å². The Balaban J connectivity index is 2.17. The highest BCUT2D eigenvalue weighted by atomic mass is 35.5. The van der Waals surface area contributed by atoms with E-state index in [1.54, 1.807) is 11.3 Å². The highest BCUT2D eigenvalue weighted by molar-refractivity contribution is 7.16. The van der Waals surface area contributed by atoms with Gasteiger partial charge in [0.15, 0.2) is 0 Å². The smallest absolute Gasteiger partial charge is 0.106 e. The highest BCUT2D eigenvalue weighted by Gasteiger charge is 2.12. The monoisotopic (exact) mass is 268 g/mol. The number of halogens is 1. The Morgan fingerprint density at radius 1 is 1.35 bits per heavy atom. The number of aromatic nitrogens is 1. The summed E-state index contributed by atoms with van der Waals surface area (Å²) in [4.78, 5) is 4.37. The summed E-state index contributed by atoms with van der Waals surface area (Å²) in [5.41, 5.74) is 4.14. The summed E-state index contributed by atoms with van der Waals surface area (Å²) in [6.07, 6.45) is 1.10. The third-order valence-corrected chi connectivity index (χ3v) is 3.74. The van der Waals surface area contributed by atoms with Gasteiger partial charge in [0.1, 0.15) is 5.52 Å². The van der Waals surface area contributed by atoms with Crippen molar-refractivity contribution >= 4 is 38.8 Å².